The summed E-state index contributed by atoms with van der Waals surface area (Å²) in [5, 5.41) is 7.23. The van der Waals surface area contributed by atoms with Crippen LogP contribution in [0.25, 0.3) is 5.57 Å². The highest BCUT2D eigenvalue weighted by Crippen LogP contribution is 2.44. The highest BCUT2D eigenvalue weighted by molar-refractivity contribution is 7.99. The topological polar surface area (TPSA) is 144 Å². The third-order valence-electron chi connectivity index (χ3n) is 15.1. The predicted octanol–water partition coefficient (Wildman–Crippen LogP) is 7.96. The molecular weight excluding hydrogens is 1020 g/mol. The Kier molecular flexibility index (Phi) is 16.9. The molecule has 4 heterocycles. The number of hydrogen-bond donors (Lipinski definition) is 3. The second-order valence-corrected chi connectivity index (χ2v) is 25.6. The average molecular weight is 1080 g/mol. The molecule has 4 fully saturated rings. The summed E-state index contributed by atoms with van der Waals surface area (Å²) in [6, 6.07) is 26.1. The van der Waals surface area contributed by atoms with Crippen molar-refractivity contribution in [1.82, 2.24) is 24.7 Å². The number of carbonyl (C=O) groups is 1. The van der Waals surface area contributed by atoms with Gasteiger partial charge in [0.15, 0.2) is 0 Å². The number of carbonyl (C=O) groups excluding carboxylic acids is 1. The Hall–Kier alpha value is -4.18. The number of sulfone groups is 1. The molecule has 73 heavy (non-hydrogen) atoms. The molecule has 4 aromatic carbocycles. The van der Waals surface area contributed by atoms with E-state index in [9.17, 15) is 34.8 Å². The number of fused-ring (bicyclic) bond motifs is 1. The summed E-state index contributed by atoms with van der Waals surface area (Å²) >= 11 is 7.76. The Labute approximate surface area is 437 Å². The highest BCUT2D eigenvalue weighted by Gasteiger charge is 2.49. The minimum atomic E-state index is -6.06. The summed E-state index contributed by atoms with van der Waals surface area (Å²) in [6.45, 7) is 15.3. The van der Waals surface area contributed by atoms with Gasteiger partial charge in [0, 0.05) is 130 Å². The molecule has 0 radical (unpaired) electrons. The lowest BCUT2D eigenvalue weighted by atomic mass is 9.71. The van der Waals surface area contributed by atoms with Gasteiger partial charge < -0.3 is 30.1 Å². The zero-order valence-electron chi connectivity index (χ0n) is 41.1. The molecule has 0 saturated carbocycles. The molecule has 4 saturated heterocycles. The summed E-state index contributed by atoms with van der Waals surface area (Å²) in [4.78, 5) is 22.0. The first-order valence-corrected chi connectivity index (χ1v) is 29.5. The number of sulfonamides is 1. The summed E-state index contributed by atoms with van der Waals surface area (Å²) in [5.41, 5.74) is -0.993. The minimum Gasteiger partial charge on any atom is -0.381 e. The highest BCUT2D eigenvalue weighted by atomic mass is 35.5. The van der Waals surface area contributed by atoms with Gasteiger partial charge in [0.1, 0.15) is 4.90 Å². The van der Waals surface area contributed by atoms with Gasteiger partial charge in [-0.05, 0) is 109 Å². The maximum atomic E-state index is 14.3. The molecule has 20 heteroatoms. The lowest BCUT2D eigenvalue weighted by Gasteiger charge is -2.43. The fourth-order valence-electron chi connectivity index (χ4n) is 11.1. The molecule has 0 unspecified atom stereocenters. The molecule has 3 N–H and O–H groups in total. The molecule has 9 rings (SSSR count). The van der Waals surface area contributed by atoms with E-state index in [2.05, 4.69) is 49.3 Å². The molecule has 0 spiro atoms. The van der Waals surface area contributed by atoms with Crippen LogP contribution in [0.5, 0.6) is 0 Å². The van der Waals surface area contributed by atoms with Crippen molar-refractivity contribution in [1.29, 1.82) is 0 Å². The van der Waals surface area contributed by atoms with Gasteiger partial charge in [-0.25, -0.2) is 21.6 Å². The fraction of sp³-hybridized carbons (Fsp3) is 0.491. The number of benzene rings is 4. The number of nitrogens with one attached hydrogen (secondary N) is 3. The lowest BCUT2D eigenvalue weighted by molar-refractivity contribution is -0.0435. The second-order valence-electron chi connectivity index (χ2n) is 20.5. The third kappa shape index (κ3) is 13.3. The summed E-state index contributed by atoms with van der Waals surface area (Å²) in [5.74, 6) is 0.210. The summed E-state index contributed by atoms with van der Waals surface area (Å²) in [6.07, 6.45) is 3.63. The Morgan fingerprint density at radius 3 is 2.22 bits per heavy atom. The molecule has 1 amide bonds. The number of hydrogen-bond acceptors (Lipinski definition) is 13. The number of thioether (sulfide) groups is 1. The van der Waals surface area contributed by atoms with E-state index < -0.39 is 47.1 Å². The summed E-state index contributed by atoms with van der Waals surface area (Å²) < 4.78 is 104. The van der Waals surface area contributed by atoms with Gasteiger partial charge in [-0.1, -0.05) is 54.4 Å². The molecule has 4 aliphatic heterocycles. The Morgan fingerprint density at radius 2 is 1.55 bits per heavy atom. The zero-order valence-corrected chi connectivity index (χ0v) is 44.3. The maximum absolute atomic E-state index is 14.3. The number of halogens is 4. The number of ether oxygens (including phenoxy) is 1. The third-order valence-corrected chi connectivity index (χ3v) is 19.4. The average Bonchev–Trinajstić information content (AvgIpc) is 3.99. The van der Waals surface area contributed by atoms with Crippen LogP contribution < -0.4 is 20.3 Å². The van der Waals surface area contributed by atoms with Gasteiger partial charge in [0.05, 0.1) is 23.8 Å². The predicted molar refractivity (Wildman–Crippen MR) is 283 cm³/mol. The van der Waals surface area contributed by atoms with Crippen LogP contribution in [0.4, 0.5) is 24.5 Å². The van der Waals surface area contributed by atoms with Gasteiger partial charge in [-0.3, -0.25) is 9.69 Å². The van der Waals surface area contributed by atoms with Crippen molar-refractivity contribution in [3.05, 3.63) is 119 Å². The zero-order chi connectivity index (χ0) is 51.4. The van der Waals surface area contributed by atoms with Crippen molar-refractivity contribution < 1.29 is 39.5 Å². The van der Waals surface area contributed by atoms with E-state index in [4.69, 9.17) is 16.3 Å². The van der Waals surface area contributed by atoms with Gasteiger partial charge in [0.2, 0.25) is 0 Å². The van der Waals surface area contributed by atoms with Crippen LogP contribution in [-0.2, 0) is 24.6 Å². The summed E-state index contributed by atoms with van der Waals surface area (Å²) in [7, 11) is -10.9. The van der Waals surface area contributed by atoms with Gasteiger partial charge in [-0.2, -0.15) is 13.2 Å². The smallest absolute Gasteiger partial charge is 0.381 e. The number of alkyl halides is 3. The minimum absolute atomic E-state index is 0.00290. The number of allylic oxidation sites excluding steroid dienone is 1. The monoisotopic (exact) mass is 1080 g/mol. The van der Waals surface area contributed by atoms with Crippen LogP contribution in [0.1, 0.15) is 48.5 Å². The fourth-order valence-corrected chi connectivity index (χ4v) is 14.2. The maximum Gasteiger partial charge on any atom is 0.501 e. The Balaban J connectivity index is 0.849. The molecular formula is C53H65ClF3N7O6S3. The van der Waals surface area contributed by atoms with Crippen LogP contribution in [0.2, 0.25) is 5.02 Å². The van der Waals surface area contributed by atoms with Crippen molar-refractivity contribution in [2.45, 2.75) is 58.8 Å². The van der Waals surface area contributed by atoms with Crippen molar-refractivity contribution in [2.75, 3.05) is 114 Å². The number of rotatable bonds is 18. The molecule has 0 bridgehead atoms. The van der Waals surface area contributed by atoms with Gasteiger partial charge >= 0.3 is 5.51 Å². The van der Waals surface area contributed by atoms with E-state index in [1.165, 1.54) is 40.6 Å². The molecule has 4 atom stereocenters. The van der Waals surface area contributed by atoms with Gasteiger partial charge in [0.25, 0.3) is 25.8 Å². The number of amides is 1. The van der Waals surface area contributed by atoms with Crippen LogP contribution in [0.3, 0.4) is 0 Å². The van der Waals surface area contributed by atoms with Crippen molar-refractivity contribution in [3.8, 4) is 0 Å². The van der Waals surface area contributed by atoms with E-state index in [1.807, 2.05) is 47.2 Å². The van der Waals surface area contributed by atoms with E-state index in [-0.39, 0.29) is 16.7 Å². The van der Waals surface area contributed by atoms with E-state index in [1.54, 1.807) is 12.1 Å². The normalized spacial score (nSPS) is 23.1. The first-order valence-electron chi connectivity index (χ1n) is 25.2. The van der Waals surface area contributed by atoms with Gasteiger partial charge in [-0.15, -0.1) is 11.8 Å². The van der Waals surface area contributed by atoms with Crippen LogP contribution >= 0.6 is 23.4 Å². The van der Waals surface area contributed by atoms with E-state index in [0.29, 0.717) is 49.8 Å². The Bertz CT molecular complexity index is 2800. The molecule has 1 aliphatic carbocycles. The van der Waals surface area contributed by atoms with Crippen LogP contribution in [0, 0.1) is 17.3 Å². The quantitative estimate of drug-likeness (QED) is 0.0831. The molecule has 5 aliphatic rings. The first kappa shape index (κ1) is 53.6. The van der Waals surface area contributed by atoms with Crippen molar-refractivity contribution in [3.63, 3.8) is 0 Å². The largest absolute Gasteiger partial charge is 0.501 e. The molecule has 13 nitrogen and oxygen atoms in total. The molecule has 4 aromatic rings. The van der Waals surface area contributed by atoms with Crippen molar-refractivity contribution in [2.24, 2.45) is 17.3 Å². The van der Waals surface area contributed by atoms with Crippen LogP contribution in [-0.4, -0.2) is 153 Å². The van der Waals surface area contributed by atoms with E-state index in [0.717, 1.165) is 126 Å². The number of piperazine rings is 2. The van der Waals surface area contributed by atoms with Crippen molar-refractivity contribution >= 4 is 66.1 Å². The SMILES string of the molecule is C[C@@]1(CN2CCNCC2)CCC(c2ccc(Cl)cc2)=C(CN2CCN(c3ccc(C(=O)NS(=O)(=O)c4ccc(N[C@H](CCN5C[C@H]6COC[C@H]6C5)CSc5ccccc5)c(S(=O)(=O)C(F)(F)F)c4)cc3)CC2)C1. The molecule has 0 aromatic heterocycles. The van der Waals surface area contributed by atoms with Crippen LogP contribution in [0.15, 0.2) is 117 Å². The number of anilines is 2. The Morgan fingerprint density at radius 1 is 0.863 bits per heavy atom. The standard InChI is InChI=1S/C53H65ClF3N7O6S3/c1-52(37-62-23-20-58-21-24-62)19-17-48(38-7-11-43(54)12-8-38)40(30-52)31-61-25-27-64(28-26-61)45-13-9-39(10-14-45)51(65)60-73(68,69)47-15-16-49(50(29-47)72(66,67)53(55,56)57)59-44(36-71-46-5-3-2-4-6-46)18-22-63-32-41-34-70-35-42(41)33-63/h2-16,29,41-42,44,58-59H,17-28,30-37H2,1H3,(H,60,65)/t41-,42+,44-,52-/m1/s1. The lowest BCUT2D eigenvalue weighted by Crippen LogP contribution is -2.49. The first-order chi connectivity index (χ1) is 34.9. The second kappa shape index (κ2) is 23.0. The number of nitrogens with zero attached hydrogens (tertiary/aromatic N) is 4. The number of likely N-dealkylation sites (tertiary alicyclic amines) is 1. The van der Waals surface area contributed by atoms with E-state index >= 15 is 0 Å². The molecule has 394 valence electrons.